The van der Waals surface area contributed by atoms with E-state index in [1.165, 1.54) is 0 Å². The number of hydrazine groups is 1. The molecule has 0 atom stereocenters. The van der Waals surface area contributed by atoms with Crippen molar-refractivity contribution >= 4 is 32.5 Å². The Morgan fingerprint density at radius 2 is 2.25 bits per heavy atom. The van der Waals surface area contributed by atoms with E-state index in [-0.39, 0.29) is 3.72 Å². The summed E-state index contributed by atoms with van der Waals surface area (Å²) in [5.41, 5.74) is 2.87. The van der Waals surface area contributed by atoms with Crippen molar-refractivity contribution in [2.45, 2.75) is 6.92 Å². The van der Waals surface area contributed by atoms with Crippen molar-refractivity contribution in [3.05, 3.63) is 11.4 Å². The van der Waals surface area contributed by atoms with Gasteiger partial charge in [0.25, 0.3) is 0 Å². The van der Waals surface area contributed by atoms with Gasteiger partial charge in [0.2, 0.25) is 0 Å². The van der Waals surface area contributed by atoms with Crippen LogP contribution >= 0.6 is 22.6 Å². The first-order chi connectivity index (χ1) is 5.67. The van der Waals surface area contributed by atoms with Crippen LogP contribution in [0.15, 0.2) is 11.4 Å². The van der Waals surface area contributed by atoms with E-state index in [1.807, 2.05) is 29.5 Å². The molecule has 12 heavy (non-hydrogen) atoms. The zero-order valence-electron chi connectivity index (χ0n) is 6.74. The number of allylic oxidation sites excluding steroid dienone is 1. The Kier molecular flexibility index (Phi) is 5.64. The molecule has 0 spiro atoms. The summed E-state index contributed by atoms with van der Waals surface area (Å²) in [5.74, 6) is 5.71. The molecule has 0 aliphatic heterocycles. The van der Waals surface area contributed by atoms with Crippen LogP contribution in [0.5, 0.6) is 0 Å². The van der Waals surface area contributed by atoms with Crippen molar-refractivity contribution < 1.29 is 0 Å². The maximum Gasteiger partial charge on any atom is 0.125 e. The molecule has 0 radical (unpaired) electrons. The zero-order valence-corrected chi connectivity index (χ0v) is 8.90. The second kappa shape index (κ2) is 5.95. The van der Waals surface area contributed by atoms with Crippen molar-refractivity contribution in [3.63, 3.8) is 0 Å². The molecule has 0 aromatic rings. The summed E-state index contributed by atoms with van der Waals surface area (Å²) in [6.45, 7) is 2.61. The molecule has 6 N–H and O–H groups in total. The quantitative estimate of drug-likeness (QED) is 0.217. The van der Waals surface area contributed by atoms with E-state index in [1.54, 1.807) is 0 Å². The molecule has 0 aromatic carbocycles. The molecule has 0 unspecified atom stereocenters. The van der Waals surface area contributed by atoms with E-state index in [4.69, 9.17) is 16.7 Å². The molecule has 0 bridgehead atoms. The summed E-state index contributed by atoms with van der Waals surface area (Å²) >= 11 is 1.82. The molecule has 0 aliphatic carbocycles. The minimum absolute atomic E-state index is 0.275. The molecule has 0 aliphatic rings. The highest BCUT2D eigenvalue weighted by Crippen LogP contribution is 2.02. The van der Waals surface area contributed by atoms with Crippen LogP contribution in [0.1, 0.15) is 6.92 Å². The number of hydrogen-bond donors (Lipinski definition) is 5. The highest BCUT2D eigenvalue weighted by atomic mass is 127. The normalized spacial score (nSPS) is 11.6. The number of nitrogens with one attached hydrogen (secondary N) is 4. The summed E-state index contributed by atoms with van der Waals surface area (Å²) in [6.07, 6.45) is 1.09. The Bertz CT molecular complexity index is 210. The van der Waals surface area contributed by atoms with Crippen LogP contribution in [0.4, 0.5) is 0 Å². The second-order valence-electron chi connectivity index (χ2n) is 1.92. The molecule has 0 rings (SSSR count). The Labute approximate surface area is 84.9 Å². The third-order valence-corrected chi connectivity index (χ3v) is 1.73. The summed E-state index contributed by atoms with van der Waals surface area (Å²) in [7, 11) is 0. The van der Waals surface area contributed by atoms with Crippen LogP contribution in [0.25, 0.3) is 0 Å². The first-order valence-electron chi connectivity index (χ1n) is 3.37. The van der Waals surface area contributed by atoms with Gasteiger partial charge >= 0.3 is 0 Å². The Morgan fingerprint density at radius 3 is 2.50 bits per heavy atom. The lowest BCUT2D eigenvalue weighted by Crippen LogP contribution is -2.34. The molecule has 0 amide bonds. The Morgan fingerprint density at radius 1 is 1.67 bits per heavy atom. The minimum Gasteiger partial charge on any atom is -0.371 e. The van der Waals surface area contributed by atoms with Crippen LogP contribution in [0.3, 0.4) is 0 Å². The Hall–Kier alpha value is -0.630. The van der Waals surface area contributed by atoms with Crippen molar-refractivity contribution in [3.8, 4) is 0 Å². The molecule has 5 nitrogen and oxygen atoms in total. The molecule has 0 saturated heterocycles. The maximum absolute atomic E-state index is 7.31. The topological polar surface area (TPSA) is 97.8 Å². The zero-order chi connectivity index (χ0) is 9.56. The van der Waals surface area contributed by atoms with Crippen molar-refractivity contribution in [2.75, 3.05) is 6.54 Å². The van der Waals surface area contributed by atoms with Gasteiger partial charge < -0.3 is 16.2 Å². The number of halogens is 1. The van der Waals surface area contributed by atoms with E-state index in [0.29, 0.717) is 17.9 Å². The van der Waals surface area contributed by atoms with Crippen LogP contribution in [-0.2, 0) is 0 Å². The first kappa shape index (κ1) is 11.4. The van der Waals surface area contributed by atoms with Crippen LogP contribution in [0.2, 0.25) is 0 Å². The fourth-order valence-electron chi connectivity index (χ4n) is 0.646. The lowest BCUT2D eigenvalue weighted by Gasteiger charge is -2.10. The van der Waals surface area contributed by atoms with E-state index < -0.39 is 0 Å². The predicted octanol–water partition coefficient (Wildman–Crippen LogP) is 0.333. The third-order valence-electron chi connectivity index (χ3n) is 1.15. The number of nitrogens with two attached hydrogens (primary N) is 1. The monoisotopic (exact) mass is 281 g/mol. The van der Waals surface area contributed by atoms with Gasteiger partial charge in [0.15, 0.2) is 0 Å². The highest BCUT2D eigenvalue weighted by Gasteiger charge is 2.04. The largest absolute Gasteiger partial charge is 0.371 e. The van der Waals surface area contributed by atoms with Gasteiger partial charge in [0.05, 0.1) is 5.57 Å². The summed E-state index contributed by atoms with van der Waals surface area (Å²) < 4.78 is 0.275. The average Bonchev–Trinajstić information content (AvgIpc) is 2.03. The standard InChI is InChI=1S/C6H12IN5/c1-2-11-6(12-10)4(3-8)5(7)9/h3,8-9,11-12H,2,10H2,1H3/b6-4-,8-3?,9-5?. The van der Waals surface area contributed by atoms with Gasteiger partial charge in [-0.25, -0.2) is 5.84 Å². The highest BCUT2D eigenvalue weighted by molar-refractivity contribution is 14.1. The van der Waals surface area contributed by atoms with Crippen molar-refractivity contribution in [1.29, 1.82) is 10.8 Å². The van der Waals surface area contributed by atoms with Gasteiger partial charge in [-0.2, -0.15) is 0 Å². The lowest BCUT2D eigenvalue weighted by atomic mass is 10.3. The van der Waals surface area contributed by atoms with Crippen molar-refractivity contribution in [1.82, 2.24) is 10.7 Å². The van der Waals surface area contributed by atoms with Gasteiger partial charge in [-0.3, -0.25) is 5.41 Å². The number of rotatable bonds is 5. The SMILES string of the molecule is CCN/C(NN)=C(\C=N)C(=N)I. The third kappa shape index (κ3) is 3.18. The smallest absolute Gasteiger partial charge is 0.125 e. The van der Waals surface area contributed by atoms with Gasteiger partial charge in [0.1, 0.15) is 9.54 Å². The van der Waals surface area contributed by atoms with Gasteiger partial charge in [-0.15, -0.1) is 0 Å². The van der Waals surface area contributed by atoms with Crippen LogP contribution < -0.4 is 16.6 Å². The fraction of sp³-hybridized carbons (Fsp3) is 0.333. The van der Waals surface area contributed by atoms with Gasteiger partial charge in [-0.05, 0) is 29.5 Å². The van der Waals surface area contributed by atoms with Crippen molar-refractivity contribution in [2.24, 2.45) is 5.84 Å². The van der Waals surface area contributed by atoms with E-state index in [2.05, 4.69) is 10.7 Å². The lowest BCUT2D eigenvalue weighted by molar-refractivity contribution is 0.727. The molecule has 0 saturated carbocycles. The van der Waals surface area contributed by atoms with Gasteiger partial charge in [0, 0.05) is 12.8 Å². The predicted molar refractivity (Wildman–Crippen MR) is 58.6 cm³/mol. The van der Waals surface area contributed by atoms with Crippen LogP contribution in [-0.4, -0.2) is 16.5 Å². The van der Waals surface area contributed by atoms with E-state index >= 15 is 0 Å². The molecular weight excluding hydrogens is 269 g/mol. The molecule has 0 heterocycles. The van der Waals surface area contributed by atoms with E-state index in [0.717, 1.165) is 6.21 Å². The summed E-state index contributed by atoms with van der Waals surface area (Å²) in [4.78, 5) is 0. The maximum atomic E-state index is 7.31. The molecule has 6 heteroatoms. The molecule has 0 fully saturated rings. The second-order valence-corrected chi connectivity index (χ2v) is 3.00. The Balaban J connectivity index is 4.73. The number of hydrogen-bond acceptors (Lipinski definition) is 5. The van der Waals surface area contributed by atoms with Crippen LogP contribution in [0, 0.1) is 10.8 Å². The van der Waals surface area contributed by atoms with Gasteiger partial charge in [-0.1, -0.05) is 0 Å². The fourth-order valence-corrected chi connectivity index (χ4v) is 1.07. The van der Waals surface area contributed by atoms with E-state index in [9.17, 15) is 0 Å². The average molecular weight is 281 g/mol. The minimum atomic E-state index is 0.275. The first-order valence-corrected chi connectivity index (χ1v) is 4.44. The summed E-state index contributed by atoms with van der Waals surface area (Å²) in [6, 6.07) is 0. The molecular formula is C6H12IN5. The molecule has 68 valence electrons. The molecule has 0 aromatic heterocycles. The summed E-state index contributed by atoms with van der Waals surface area (Å²) in [5, 5.41) is 17.3.